The van der Waals surface area contributed by atoms with E-state index in [9.17, 15) is 22.4 Å². The van der Waals surface area contributed by atoms with E-state index in [-0.39, 0.29) is 33.8 Å². The zero-order valence-corrected chi connectivity index (χ0v) is 21.7. The molecule has 1 atom stereocenters. The van der Waals surface area contributed by atoms with Gasteiger partial charge < -0.3 is 10.2 Å². The number of anilines is 1. The number of amides is 2. The Kier molecular flexibility index (Phi) is 9.73. The fourth-order valence-electron chi connectivity index (χ4n) is 3.12. The van der Waals surface area contributed by atoms with Crippen LogP contribution in [0.2, 0.25) is 10.0 Å². The molecule has 2 aromatic carbocycles. The highest BCUT2D eigenvalue weighted by molar-refractivity contribution is 7.92. The first kappa shape index (κ1) is 27.9. The summed E-state index contributed by atoms with van der Waals surface area (Å²) in [5, 5.41) is 3.05. The second-order valence-corrected chi connectivity index (χ2v) is 11.0. The Labute approximate surface area is 209 Å². The Balaban J connectivity index is 2.43. The van der Waals surface area contributed by atoms with Crippen molar-refractivity contribution in [3.63, 3.8) is 0 Å². The van der Waals surface area contributed by atoms with E-state index in [1.807, 2.05) is 13.8 Å². The molecular formula is C23H28Cl2FN3O4S. The van der Waals surface area contributed by atoms with E-state index in [1.165, 1.54) is 43.3 Å². The van der Waals surface area contributed by atoms with Crippen LogP contribution < -0.4 is 9.62 Å². The van der Waals surface area contributed by atoms with Crippen molar-refractivity contribution in [2.75, 3.05) is 23.7 Å². The molecule has 2 rings (SSSR count). The molecule has 2 amide bonds. The van der Waals surface area contributed by atoms with E-state index in [0.29, 0.717) is 6.54 Å². The number of halogens is 3. The molecule has 7 nitrogen and oxygen atoms in total. The molecule has 0 aliphatic rings. The van der Waals surface area contributed by atoms with Gasteiger partial charge in [-0.3, -0.25) is 13.9 Å². The zero-order chi connectivity index (χ0) is 25.6. The van der Waals surface area contributed by atoms with E-state index in [0.717, 1.165) is 15.5 Å². The van der Waals surface area contributed by atoms with Gasteiger partial charge in [-0.15, -0.1) is 0 Å². The van der Waals surface area contributed by atoms with Crippen LogP contribution in [0.5, 0.6) is 0 Å². The third kappa shape index (κ3) is 7.58. The Morgan fingerprint density at radius 3 is 2.32 bits per heavy atom. The van der Waals surface area contributed by atoms with Gasteiger partial charge in [-0.25, -0.2) is 12.8 Å². The number of benzene rings is 2. The Bertz CT molecular complexity index is 1140. The largest absolute Gasteiger partial charge is 0.354 e. The summed E-state index contributed by atoms with van der Waals surface area (Å²) < 4.78 is 40.3. The average Bonchev–Trinajstić information content (AvgIpc) is 2.75. The number of sulfonamides is 1. The number of carbonyl (C=O) groups is 2. The maximum Gasteiger partial charge on any atom is 0.244 e. The summed E-state index contributed by atoms with van der Waals surface area (Å²) in [6, 6.07) is 9.10. The molecule has 0 spiro atoms. The Morgan fingerprint density at radius 1 is 1.09 bits per heavy atom. The van der Waals surface area contributed by atoms with Crippen LogP contribution in [0.1, 0.15) is 26.3 Å². The second-order valence-electron chi connectivity index (χ2n) is 8.29. The first-order valence-corrected chi connectivity index (χ1v) is 13.1. The van der Waals surface area contributed by atoms with Gasteiger partial charge in [0.2, 0.25) is 21.8 Å². The lowest BCUT2D eigenvalue weighted by Crippen LogP contribution is -2.51. The van der Waals surface area contributed by atoms with Crippen LogP contribution in [0, 0.1) is 11.7 Å². The molecule has 0 fully saturated rings. The molecule has 0 saturated carbocycles. The predicted molar refractivity (Wildman–Crippen MR) is 133 cm³/mol. The number of hydrogen-bond donors (Lipinski definition) is 1. The van der Waals surface area contributed by atoms with Crippen LogP contribution in [-0.2, 0) is 26.2 Å². The number of rotatable bonds is 10. The molecule has 186 valence electrons. The molecule has 0 bridgehead atoms. The first-order valence-electron chi connectivity index (χ1n) is 10.5. The fraction of sp³-hybridized carbons (Fsp3) is 0.391. The van der Waals surface area contributed by atoms with Crippen LogP contribution >= 0.6 is 23.2 Å². The molecule has 34 heavy (non-hydrogen) atoms. The van der Waals surface area contributed by atoms with Crippen molar-refractivity contribution in [2.45, 2.75) is 33.4 Å². The van der Waals surface area contributed by atoms with Crippen molar-refractivity contribution in [1.82, 2.24) is 10.2 Å². The van der Waals surface area contributed by atoms with Crippen LogP contribution in [0.15, 0.2) is 42.5 Å². The summed E-state index contributed by atoms with van der Waals surface area (Å²) in [5.41, 5.74) is 0.207. The van der Waals surface area contributed by atoms with Gasteiger partial charge in [0.25, 0.3) is 0 Å². The lowest BCUT2D eigenvalue weighted by Gasteiger charge is -2.32. The lowest BCUT2D eigenvalue weighted by atomic mass is 10.1. The highest BCUT2D eigenvalue weighted by atomic mass is 35.5. The predicted octanol–water partition coefficient (Wildman–Crippen LogP) is 4.09. The minimum atomic E-state index is -3.97. The molecular weight excluding hydrogens is 504 g/mol. The van der Waals surface area contributed by atoms with Gasteiger partial charge in [0.05, 0.1) is 17.0 Å². The molecule has 0 saturated heterocycles. The lowest BCUT2D eigenvalue weighted by molar-refractivity contribution is -0.139. The molecule has 0 aromatic heterocycles. The number of nitrogens with one attached hydrogen (secondary N) is 1. The fourth-order valence-corrected chi connectivity index (χ4v) is 4.41. The molecule has 0 aliphatic heterocycles. The zero-order valence-electron chi connectivity index (χ0n) is 19.4. The van der Waals surface area contributed by atoms with Gasteiger partial charge in [0.15, 0.2) is 0 Å². The minimum absolute atomic E-state index is 0.0211. The molecule has 11 heteroatoms. The van der Waals surface area contributed by atoms with Crippen molar-refractivity contribution in [3.8, 4) is 0 Å². The van der Waals surface area contributed by atoms with E-state index in [2.05, 4.69) is 5.32 Å². The average molecular weight is 532 g/mol. The van der Waals surface area contributed by atoms with Crippen LogP contribution in [0.4, 0.5) is 10.1 Å². The summed E-state index contributed by atoms with van der Waals surface area (Å²) >= 11 is 12.2. The highest BCUT2D eigenvalue weighted by Crippen LogP contribution is 2.31. The Morgan fingerprint density at radius 2 is 1.74 bits per heavy atom. The maximum atomic E-state index is 14.4. The Hall–Kier alpha value is -2.36. The topological polar surface area (TPSA) is 86.8 Å². The summed E-state index contributed by atoms with van der Waals surface area (Å²) in [6.45, 7) is 4.85. The molecule has 0 aliphatic carbocycles. The second kappa shape index (κ2) is 11.9. The van der Waals surface area contributed by atoms with E-state index in [4.69, 9.17) is 23.2 Å². The molecule has 0 unspecified atom stereocenters. The third-order valence-corrected chi connectivity index (χ3v) is 6.69. The maximum absolute atomic E-state index is 14.4. The van der Waals surface area contributed by atoms with Gasteiger partial charge in [-0.1, -0.05) is 55.2 Å². The molecule has 1 N–H and O–H groups in total. The number of carbonyl (C=O) groups excluding carboxylic acids is 2. The number of hydrogen-bond acceptors (Lipinski definition) is 4. The van der Waals surface area contributed by atoms with Gasteiger partial charge >= 0.3 is 0 Å². The van der Waals surface area contributed by atoms with Crippen molar-refractivity contribution in [3.05, 3.63) is 63.9 Å². The summed E-state index contributed by atoms with van der Waals surface area (Å²) in [5.74, 6) is -1.52. The summed E-state index contributed by atoms with van der Waals surface area (Å²) in [4.78, 5) is 27.3. The standard InChI is InChI=1S/C23H28Cl2FN3O4S/c1-15(2)12-27-23(31)16(3)28(13-17-7-5-6-8-20(17)26)22(30)14-29(34(4,32)33)21-11-18(24)9-10-19(21)25/h5-11,15-16H,12-14H2,1-4H3,(H,27,31)/t16-/m0/s1. The first-order chi connectivity index (χ1) is 15.8. The molecule has 0 heterocycles. The van der Waals surface area contributed by atoms with Crippen LogP contribution in [0.25, 0.3) is 0 Å². The number of nitrogens with zero attached hydrogens (tertiary/aromatic N) is 2. The smallest absolute Gasteiger partial charge is 0.244 e. The van der Waals surface area contributed by atoms with Crippen molar-refractivity contribution in [1.29, 1.82) is 0 Å². The van der Waals surface area contributed by atoms with Gasteiger partial charge in [0.1, 0.15) is 18.4 Å². The monoisotopic (exact) mass is 531 g/mol. The van der Waals surface area contributed by atoms with E-state index < -0.39 is 40.2 Å². The summed E-state index contributed by atoms with van der Waals surface area (Å²) in [6.07, 6.45) is 0.928. The third-order valence-electron chi connectivity index (χ3n) is 5.01. The van der Waals surface area contributed by atoms with Crippen molar-refractivity contribution < 1.29 is 22.4 Å². The van der Waals surface area contributed by atoms with Crippen LogP contribution in [0.3, 0.4) is 0 Å². The SMILES string of the molecule is CC(C)CNC(=O)[C@H](C)N(Cc1ccccc1F)C(=O)CN(c1cc(Cl)ccc1Cl)S(C)(=O)=O. The van der Waals surface area contributed by atoms with Crippen molar-refractivity contribution >= 4 is 50.7 Å². The van der Waals surface area contributed by atoms with Gasteiger partial charge in [-0.05, 0) is 37.1 Å². The highest BCUT2D eigenvalue weighted by Gasteiger charge is 2.31. The normalized spacial score (nSPS) is 12.4. The van der Waals surface area contributed by atoms with E-state index in [1.54, 1.807) is 6.07 Å². The van der Waals surface area contributed by atoms with Gasteiger partial charge in [-0.2, -0.15) is 0 Å². The van der Waals surface area contributed by atoms with Crippen LogP contribution in [-0.4, -0.2) is 50.5 Å². The van der Waals surface area contributed by atoms with Gasteiger partial charge in [0, 0.05) is 23.7 Å². The summed E-state index contributed by atoms with van der Waals surface area (Å²) in [7, 11) is -3.97. The quantitative estimate of drug-likeness (QED) is 0.500. The molecule has 0 radical (unpaired) electrons. The molecule has 2 aromatic rings. The van der Waals surface area contributed by atoms with E-state index >= 15 is 0 Å². The minimum Gasteiger partial charge on any atom is -0.354 e. The van der Waals surface area contributed by atoms with Crippen molar-refractivity contribution in [2.24, 2.45) is 5.92 Å².